The van der Waals surface area contributed by atoms with Crippen LogP contribution in [0.1, 0.15) is 5.56 Å². The lowest BCUT2D eigenvalue weighted by atomic mass is 10.2. The zero-order valence-electron chi connectivity index (χ0n) is 11.8. The molecule has 0 heterocycles. The highest BCUT2D eigenvalue weighted by Gasteiger charge is 2.16. The Morgan fingerprint density at radius 1 is 1.05 bits per heavy atom. The molecular weight excluding hydrogens is 270 g/mol. The SMILES string of the molecule is COc1cc(CN(C)S(C)(=O)=O)cc(OC)c1OC. The molecule has 0 aliphatic carbocycles. The number of methoxy groups -OCH3 is 3. The monoisotopic (exact) mass is 289 g/mol. The van der Waals surface area contributed by atoms with E-state index in [2.05, 4.69) is 0 Å². The standard InChI is InChI=1S/C12H19NO5S/c1-13(19(5,14)15)8-9-6-10(16-2)12(18-4)11(7-9)17-3/h6-7H,8H2,1-5H3. The molecule has 1 rings (SSSR count). The summed E-state index contributed by atoms with van der Waals surface area (Å²) < 4.78 is 39.7. The highest BCUT2D eigenvalue weighted by molar-refractivity contribution is 7.88. The van der Waals surface area contributed by atoms with Gasteiger partial charge in [-0.05, 0) is 17.7 Å². The topological polar surface area (TPSA) is 65.1 Å². The molecular formula is C12H19NO5S. The average Bonchev–Trinajstić information content (AvgIpc) is 2.36. The number of benzene rings is 1. The van der Waals surface area contributed by atoms with Crippen LogP contribution in [0.2, 0.25) is 0 Å². The molecule has 0 radical (unpaired) electrons. The lowest BCUT2D eigenvalue weighted by molar-refractivity contribution is 0.323. The fourth-order valence-corrected chi connectivity index (χ4v) is 1.98. The van der Waals surface area contributed by atoms with Crippen molar-refractivity contribution in [2.45, 2.75) is 6.54 Å². The number of ether oxygens (including phenoxy) is 3. The third-order valence-electron chi connectivity index (χ3n) is 2.70. The van der Waals surface area contributed by atoms with Crippen molar-refractivity contribution in [3.8, 4) is 17.2 Å². The maximum Gasteiger partial charge on any atom is 0.211 e. The highest BCUT2D eigenvalue weighted by atomic mass is 32.2. The first-order valence-corrected chi connectivity index (χ1v) is 7.38. The summed E-state index contributed by atoms with van der Waals surface area (Å²) in [4.78, 5) is 0. The van der Waals surface area contributed by atoms with E-state index in [4.69, 9.17) is 14.2 Å². The second-order valence-electron chi connectivity index (χ2n) is 4.05. The van der Waals surface area contributed by atoms with E-state index in [-0.39, 0.29) is 6.54 Å². The largest absolute Gasteiger partial charge is 0.493 e. The van der Waals surface area contributed by atoms with E-state index in [0.717, 1.165) is 11.8 Å². The molecule has 0 aliphatic heterocycles. The molecule has 0 N–H and O–H groups in total. The van der Waals surface area contributed by atoms with Gasteiger partial charge in [-0.15, -0.1) is 0 Å². The summed E-state index contributed by atoms with van der Waals surface area (Å²) in [5.41, 5.74) is 0.752. The second kappa shape index (κ2) is 6.12. The third kappa shape index (κ3) is 3.74. The first-order valence-electron chi connectivity index (χ1n) is 5.53. The Kier molecular flexibility index (Phi) is 5.02. The molecule has 0 saturated heterocycles. The number of sulfonamides is 1. The molecule has 0 aromatic heterocycles. The number of rotatable bonds is 6. The molecule has 108 valence electrons. The molecule has 0 bridgehead atoms. The molecule has 0 aliphatic rings. The van der Waals surface area contributed by atoms with Crippen LogP contribution in [0, 0.1) is 0 Å². The van der Waals surface area contributed by atoms with Crippen LogP contribution in [0.5, 0.6) is 17.2 Å². The van der Waals surface area contributed by atoms with Gasteiger partial charge in [0.2, 0.25) is 15.8 Å². The zero-order chi connectivity index (χ0) is 14.6. The van der Waals surface area contributed by atoms with Gasteiger partial charge in [0.25, 0.3) is 0 Å². The van der Waals surface area contributed by atoms with Gasteiger partial charge in [0.15, 0.2) is 11.5 Å². The van der Waals surface area contributed by atoms with Gasteiger partial charge >= 0.3 is 0 Å². The van der Waals surface area contributed by atoms with E-state index >= 15 is 0 Å². The minimum Gasteiger partial charge on any atom is -0.493 e. The first-order chi connectivity index (χ1) is 8.83. The van der Waals surface area contributed by atoms with Crippen molar-refractivity contribution in [2.75, 3.05) is 34.6 Å². The molecule has 19 heavy (non-hydrogen) atoms. The van der Waals surface area contributed by atoms with E-state index in [0.29, 0.717) is 17.2 Å². The molecule has 1 aromatic rings. The van der Waals surface area contributed by atoms with Gasteiger partial charge in [-0.3, -0.25) is 0 Å². The highest BCUT2D eigenvalue weighted by Crippen LogP contribution is 2.38. The quantitative estimate of drug-likeness (QED) is 0.784. The van der Waals surface area contributed by atoms with Crippen LogP contribution >= 0.6 is 0 Å². The summed E-state index contributed by atoms with van der Waals surface area (Å²) in [6.45, 7) is 0.232. The van der Waals surface area contributed by atoms with Crippen molar-refractivity contribution in [1.29, 1.82) is 0 Å². The van der Waals surface area contributed by atoms with Crippen molar-refractivity contribution in [2.24, 2.45) is 0 Å². The van der Waals surface area contributed by atoms with Gasteiger partial charge in [0, 0.05) is 13.6 Å². The molecule has 0 amide bonds. The lowest BCUT2D eigenvalue weighted by Gasteiger charge is -2.17. The fourth-order valence-electron chi connectivity index (χ4n) is 1.60. The third-order valence-corrected chi connectivity index (χ3v) is 3.96. The Bertz CT molecular complexity index is 516. The van der Waals surface area contributed by atoms with Gasteiger partial charge < -0.3 is 14.2 Å². The predicted molar refractivity (Wildman–Crippen MR) is 72.4 cm³/mol. The zero-order valence-corrected chi connectivity index (χ0v) is 12.6. The Labute approximate surface area is 113 Å². The second-order valence-corrected chi connectivity index (χ2v) is 6.14. The molecule has 0 saturated carbocycles. The Morgan fingerprint density at radius 3 is 1.84 bits per heavy atom. The van der Waals surface area contributed by atoms with Crippen LogP contribution in [-0.4, -0.2) is 47.4 Å². The first kappa shape index (κ1) is 15.6. The molecule has 0 atom stereocenters. The van der Waals surface area contributed by atoms with Gasteiger partial charge in [0.05, 0.1) is 27.6 Å². The van der Waals surface area contributed by atoms with Crippen LogP contribution in [-0.2, 0) is 16.6 Å². The number of hydrogen-bond donors (Lipinski definition) is 0. The Balaban J connectivity index is 3.17. The number of hydrogen-bond acceptors (Lipinski definition) is 5. The predicted octanol–water partition coefficient (Wildman–Crippen LogP) is 1.10. The molecule has 0 unspecified atom stereocenters. The number of nitrogens with zero attached hydrogens (tertiary/aromatic N) is 1. The van der Waals surface area contributed by atoms with E-state index in [9.17, 15) is 8.42 Å². The Morgan fingerprint density at radius 2 is 1.53 bits per heavy atom. The Hall–Kier alpha value is -1.47. The lowest BCUT2D eigenvalue weighted by Crippen LogP contribution is -2.24. The molecule has 1 aromatic carbocycles. The minimum absolute atomic E-state index is 0.232. The van der Waals surface area contributed by atoms with E-state index in [1.54, 1.807) is 12.1 Å². The molecule has 0 fully saturated rings. The van der Waals surface area contributed by atoms with Crippen LogP contribution < -0.4 is 14.2 Å². The van der Waals surface area contributed by atoms with Gasteiger partial charge in [-0.1, -0.05) is 0 Å². The van der Waals surface area contributed by atoms with E-state index in [1.165, 1.54) is 32.7 Å². The van der Waals surface area contributed by atoms with Crippen LogP contribution in [0.3, 0.4) is 0 Å². The summed E-state index contributed by atoms with van der Waals surface area (Å²) in [7, 11) is 2.82. The minimum atomic E-state index is -3.24. The van der Waals surface area contributed by atoms with Crippen molar-refractivity contribution in [3.05, 3.63) is 17.7 Å². The normalized spacial score (nSPS) is 11.5. The summed E-state index contributed by atoms with van der Waals surface area (Å²) in [6, 6.07) is 3.45. The fraction of sp³-hybridized carbons (Fsp3) is 0.500. The van der Waals surface area contributed by atoms with Gasteiger partial charge in [0.1, 0.15) is 0 Å². The van der Waals surface area contributed by atoms with E-state index in [1.807, 2.05) is 0 Å². The summed E-state index contributed by atoms with van der Waals surface area (Å²) in [6.07, 6.45) is 1.16. The average molecular weight is 289 g/mol. The molecule has 0 spiro atoms. The van der Waals surface area contributed by atoms with E-state index < -0.39 is 10.0 Å². The van der Waals surface area contributed by atoms with Crippen molar-refractivity contribution < 1.29 is 22.6 Å². The van der Waals surface area contributed by atoms with Crippen LogP contribution in [0.15, 0.2) is 12.1 Å². The smallest absolute Gasteiger partial charge is 0.211 e. The maximum atomic E-state index is 11.4. The van der Waals surface area contributed by atoms with Crippen LogP contribution in [0.25, 0.3) is 0 Å². The maximum absolute atomic E-state index is 11.4. The molecule has 7 heteroatoms. The molecule has 6 nitrogen and oxygen atoms in total. The van der Waals surface area contributed by atoms with Gasteiger partial charge in [-0.2, -0.15) is 0 Å². The summed E-state index contributed by atoms with van der Waals surface area (Å²) in [5.74, 6) is 1.48. The van der Waals surface area contributed by atoms with Gasteiger partial charge in [-0.25, -0.2) is 12.7 Å². The van der Waals surface area contributed by atoms with Crippen molar-refractivity contribution in [3.63, 3.8) is 0 Å². The summed E-state index contributed by atoms with van der Waals surface area (Å²) >= 11 is 0. The van der Waals surface area contributed by atoms with Crippen molar-refractivity contribution in [1.82, 2.24) is 4.31 Å². The summed E-state index contributed by atoms with van der Waals surface area (Å²) in [5, 5.41) is 0. The van der Waals surface area contributed by atoms with Crippen molar-refractivity contribution >= 4 is 10.0 Å². The van der Waals surface area contributed by atoms with Crippen LogP contribution in [0.4, 0.5) is 0 Å².